The molecule has 41 heavy (non-hydrogen) atoms. The number of aromatic nitrogens is 1. The van der Waals surface area contributed by atoms with Crippen molar-refractivity contribution < 1.29 is 19.4 Å². The number of nitro benzene ring substituents is 2. The quantitative estimate of drug-likeness (QED) is 0.0959. The molecule has 4 aromatic rings. The molecule has 0 saturated carbocycles. The normalized spacial score (nSPS) is 11.0. The number of hydrogen-bond donors (Lipinski definition) is 1. The molecule has 11 nitrogen and oxygen atoms in total. The number of hydrogen-bond acceptors (Lipinski definition) is 7. The molecular weight excluding hydrogens is 573 g/mol. The smallest absolute Gasteiger partial charge is 0.318 e. The van der Waals surface area contributed by atoms with E-state index in [1.807, 2.05) is 30.6 Å². The molecule has 1 N–H and O–H groups in total. The van der Waals surface area contributed by atoms with Gasteiger partial charge >= 0.3 is 5.69 Å². The molecule has 0 aliphatic heterocycles. The van der Waals surface area contributed by atoms with Gasteiger partial charge in [0.2, 0.25) is 5.75 Å². The summed E-state index contributed by atoms with van der Waals surface area (Å²) in [5.41, 5.74) is 2.08. The SMILES string of the molecule is Cc1cc(/C=C(/C#N)C(=O)Nc2cccc(Cl)c2Cl)c(C)n1-c1ccc(Oc2ccc([N+](=O)[O-])cc2[N+](=O)[O-])cc1. The summed E-state index contributed by atoms with van der Waals surface area (Å²) in [5, 5.41) is 35.1. The zero-order valence-electron chi connectivity index (χ0n) is 21.4. The number of amides is 1. The van der Waals surface area contributed by atoms with Crippen LogP contribution in [0.4, 0.5) is 17.1 Å². The lowest BCUT2D eigenvalue weighted by molar-refractivity contribution is -0.394. The van der Waals surface area contributed by atoms with E-state index in [0.717, 1.165) is 29.2 Å². The molecule has 1 amide bonds. The van der Waals surface area contributed by atoms with Crippen LogP contribution < -0.4 is 10.1 Å². The summed E-state index contributed by atoms with van der Waals surface area (Å²) in [7, 11) is 0. The van der Waals surface area contributed by atoms with E-state index in [-0.39, 0.29) is 32.8 Å². The van der Waals surface area contributed by atoms with Crippen LogP contribution in [0.15, 0.2) is 72.3 Å². The van der Waals surface area contributed by atoms with Gasteiger partial charge in [0.05, 0.1) is 31.6 Å². The van der Waals surface area contributed by atoms with E-state index in [2.05, 4.69) is 5.32 Å². The van der Waals surface area contributed by atoms with Crippen LogP contribution in [0.1, 0.15) is 17.0 Å². The van der Waals surface area contributed by atoms with Gasteiger partial charge in [-0.15, -0.1) is 0 Å². The Morgan fingerprint density at radius 1 is 1.02 bits per heavy atom. The van der Waals surface area contributed by atoms with Gasteiger partial charge in [0.25, 0.3) is 11.6 Å². The standard InChI is InChI=1S/C28H19Cl2N5O6/c1-16-12-18(13-19(15-31)28(36)32-24-5-3-4-23(29)27(24)30)17(2)33(16)20-6-9-22(10-7-20)41-26-11-8-21(34(37)38)14-25(26)35(39)40/h3-14H,1-2H3,(H,32,36)/b19-13-. The molecule has 0 unspecified atom stereocenters. The first-order chi connectivity index (χ1) is 19.5. The first kappa shape index (κ1) is 28.8. The van der Waals surface area contributed by atoms with Gasteiger partial charge in [0.1, 0.15) is 17.4 Å². The topological polar surface area (TPSA) is 153 Å². The van der Waals surface area contributed by atoms with E-state index >= 15 is 0 Å². The Morgan fingerprint density at radius 2 is 1.73 bits per heavy atom. The Balaban J connectivity index is 1.58. The molecule has 206 valence electrons. The van der Waals surface area contributed by atoms with Crippen LogP contribution >= 0.6 is 23.2 Å². The second kappa shape index (κ2) is 11.9. The third-order valence-electron chi connectivity index (χ3n) is 6.01. The van der Waals surface area contributed by atoms with Gasteiger partial charge in [-0.1, -0.05) is 29.3 Å². The molecule has 0 bridgehead atoms. The molecule has 4 rings (SSSR count). The number of aryl methyl sites for hydroxylation is 1. The second-order valence-corrected chi connectivity index (χ2v) is 9.43. The molecule has 1 aromatic heterocycles. The fourth-order valence-corrected chi connectivity index (χ4v) is 4.41. The minimum absolute atomic E-state index is 0.143. The van der Waals surface area contributed by atoms with Gasteiger partial charge in [-0.05, 0) is 74.0 Å². The molecule has 0 aliphatic rings. The highest BCUT2D eigenvalue weighted by molar-refractivity contribution is 6.44. The molecule has 0 saturated heterocycles. The Bertz CT molecular complexity index is 1770. The van der Waals surface area contributed by atoms with Gasteiger partial charge in [-0.3, -0.25) is 25.0 Å². The summed E-state index contributed by atoms with van der Waals surface area (Å²) in [5.74, 6) is -0.518. The minimum atomic E-state index is -0.752. The van der Waals surface area contributed by atoms with Crippen LogP contribution in [0.2, 0.25) is 10.0 Å². The van der Waals surface area contributed by atoms with Crippen LogP contribution in [0, 0.1) is 45.4 Å². The first-order valence-electron chi connectivity index (χ1n) is 11.8. The molecule has 1 heterocycles. The van der Waals surface area contributed by atoms with Crippen molar-refractivity contribution in [3.63, 3.8) is 0 Å². The number of rotatable bonds is 8. The van der Waals surface area contributed by atoms with Gasteiger partial charge < -0.3 is 14.6 Å². The van der Waals surface area contributed by atoms with E-state index in [0.29, 0.717) is 5.56 Å². The fraction of sp³-hybridized carbons (Fsp3) is 0.0714. The molecule has 0 fully saturated rings. The molecule has 13 heteroatoms. The van der Waals surface area contributed by atoms with E-state index in [9.17, 15) is 30.3 Å². The average molecular weight is 592 g/mol. The third-order valence-corrected chi connectivity index (χ3v) is 6.83. The third kappa shape index (κ3) is 6.19. The molecule has 0 spiro atoms. The highest BCUT2D eigenvalue weighted by Crippen LogP contribution is 2.35. The van der Waals surface area contributed by atoms with Crippen LogP contribution in [0.5, 0.6) is 11.5 Å². The van der Waals surface area contributed by atoms with Crippen molar-refractivity contribution in [2.24, 2.45) is 0 Å². The number of carbonyl (C=O) groups is 1. The van der Waals surface area contributed by atoms with Crippen LogP contribution in [-0.2, 0) is 4.79 Å². The molecule has 0 aliphatic carbocycles. The molecule has 0 radical (unpaired) electrons. The van der Waals surface area contributed by atoms with Crippen molar-refractivity contribution >= 4 is 52.2 Å². The number of non-ortho nitro benzene ring substituents is 1. The number of nitriles is 1. The zero-order valence-corrected chi connectivity index (χ0v) is 22.9. The first-order valence-corrected chi connectivity index (χ1v) is 12.5. The maximum atomic E-state index is 12.8. The largest absolute Gasteiger partial charge is 0.450 e. The number of anilines is 1. The van der Waals surface area contributed by atoms with Gasteiger partial charge in [0.15, 0.2) is 0 Å². The lowest BCUT2D eigenvalue weighted by atomic mass is 10.1. The van der Waals surface area contributed by atoms with Crippen molar-refractivity contribution in [2.75, 3.05) is 5.32 Å². The van der Waals surface area contributed by atoms with E-state index in [1.165, 1.54) is 12.1 Å². The summed E-state index contributed by atoms with van der Waals surface area (Å²) in [6, 6.07) is 18.3. The van der Waals surface area contributed by atoms with Crippen molar-refractivity contribution in [1.82, 2.24) is 4.57 Å². The Labute approximate surface area is 243 Å². The number of nitro groups is 2. The number of nitrogens with one attached hydrogen (secondary N) is 1. The van der Waals surface area contributed by atoms with Crippen molar-refractivity contribution in [3.05, 3.63) is 120 Å². The molecule has 3 aromatic carbocycles. The Kier molecular flexibility index (Phi) is 8.37. The Morgan fingerprint density at radius 3 is 2.37 bits per heavy atom. The summed E-state index contributed by atoms with van der Waals surface area (Å²) in [4.78, 5) is 33.7. The van der Waals surface area contributed by atoms with E-state index < -0.39 is 27.1 Å². The number of benzene rings is 3. The zero-order chi connectivity index (χ0) is 29.8. The number of halogens is 2. The van der Waals surface area contributed by atoms with E-state index in [1.54, 1.807) is 42.5 Å². The molecule has 0 atom stereocenters. The predicted octanol–water partition coefficient (Wildman–Crippen LogP) is 7.56. The van der Waals surface area contributed by atoms with Crippen molar-refractivity contribution in [1.29, 1.82) is 5.26 Å². The van der Waals surface area contributed by atoms with Crippen LogP contribution in [0.25, 0.3) is 11.8 Å². The fourth-order valence-electron chi connectivity index (χ4n) is 4.06. The number of nitrogens with zero attached hydrogens (tertiary/aromatic N) is 4. The average Bonchev–Trinajstić information content (AvgIpc) is 3.22. The van der Waals surface area contributed by atoms with Gasteiger partial charge in [-0.2, -0.15) is 5.26 Å². The van der Waals surface area contributed by atoms with E-state index in [4.69, 9.17) is 27.9 Å². The van der Waals surface area contributed by atoms with Crippen LogP contribution in [0.3, 0.4) is 0 Å². The maximum Gasteiger partial charge on any atom is 0.318 e. The number of carbonyl (C=O) groups excluding carboxylic acids is 1. The second-order valence-electron chi connectivity index (χ2n) is 8.65. The Hall–Kier alpha value is -5.18. The summed E-state index contributed by atoms with van der Waals surface area (Å²) < 4.78 is 7.53. The highest BCUT2D eigenvalue weighted by atomic mass is 35.5. The lowest BCUT2D eigenvalue weighted by Crippen LogP contribution is -2.13. The maximum absolute atomic E-state index is 12.8. The summed E-state index contributed by atoms with van der Waals surface area (Å²) in [6.07, 6.45) is 1.47. The van der Waals surface area contributed by atoms with Crippen LogP contribution in [-0.4, -0.2) is 20.3 Å². The van der Waals surface area contributed by atoms with Crippen molar-refractivity contribution in [3.8, 4) is 23.3 Å². The predicted molar refractivity (Wildman–Crippen MR) is 154 cm³/mol. The monoisotopic (exact) mass is 591 g/mol. The number of ether oxygens (including phenoxy) is 1. The molecular formula is C28H19Cl2N5O6. The lowest BCUT2D eigenvalue weighted by Gasteiger charge is -2.11. The summed E-state index contributed by atoms with van der Waals surface area (Å²) >= 11 is 12.1. The van der Waals surface area contributed by atoms with Gasteiger partial charge in [-0.25, -0.2) is 0 Å². The summed E-state index contributed by atoms with van der Waals surface area (Å²) in [6.45, 7) is 3.68. The minimum Gasteiger partial charge on any atom is -0.450 e. The van der Waals surface area contributed by atoms with Gasteiger partial charge in [0, 0.05) is 23.1 Å². The highest BCUT2D eigenvalue weighted by Gasteiger charge is 2.21. The van der Waals surface area contributed by atoms with Crippen molar-refractivity contribution in [2.45, 2.75) is 13.8 Å².